The van der Waals surface area contributed by atoms with Crippen molar-refractivity contribution in [1.29, 1.82) is 0 Å². The monoisotopic (exact) mass is 324 g/mol. The summed E-state index contributed by atoms with van der Waals surface area (Å²) < 4.78 is 4.04. The van der Waals surface area contributed by atoms with Crippen molar-refractivity contribution >= 4 is 50.5 Å². The molecule has 0 fully saturated rings. The highest BCUT2D eigenvalue weighted by atomic mass is 79.9. The molecule has 17 heavy (non-hydrogen) atoms. The first-order valence-electron chi connectivity index (χ1n) is 5.15. The smallest absolute Gasteiger partial charge is 0.178 e. The lowest BCUT2D eigenvalue weighted by Crippen LogP contribution is -1.97. The summed E-state index contributed by atoms with van der Waals surface area (Å²) in [7, 11) is 0. The van der Waals surface area contributed by atoms with Crippen molar-refractivity contribution < 1.29 is 0 Å². The van der Waals surface area contributed by atoms with Gasteiger partial charge in [0.1, 0.15) is 0 Å². The predicted molar refractivity (Wildman–Crippen MR) is 78.2 cm³/mol. The van der Waals surface area contributed by atoms with Gasteiger partial charge in [-0.1, -0.05) is 12.1 Å². The molecule has 0 saturated carbocycles. The molecule has 1 N–H and O–H groups in total. The van der Waals surface area contributed by atoms with Crippen LogP contribution in [0, 0.1) is 4.77 Å². The summed E-state index contributed by atoms with van der Waals surface area (Å²) in [4.78, 5) is 4.51. The first-order chi connectivity index (χ1) is 8.25. The second-order valence-electron chi connectivity index (χ2n) is 3.73. The molecule has 0 spiro atoms. The molecule has 0 bridgehead atoms. The molecule has 3 rings (SSSR count). The van der Waals surface area contributed by atoms with E-state index in [1.54, 1.807) is 11.3 Å². The zero-order valence-corrected chi connectivity index (χ0v) is 12.0. The van der Waals surface area contributed by atoms with Gasteiger partial charge in [-0.25, -0.2) is 0 Å². The van der Waals surface area contributed by atoms with Crippen molar-refractivity contribution in [3.63, 3.8) is 0 Å². The third-order valence-corrected chi connectivity index (χ3v) is 4.91. The van der Waals surface area contributed by atoms with Gasteiger partial charge < -0.3 is 9.55 Å². The van der Waals surface area contributed by atoms with Crippen LogP contribution in [0.5, 0.6) is 0 Å². The Morgan fingerprint density at radius 3 is 2.88 bits per heavy atom. The minimum atomic E-state index is 0.770. The minimum absolute atomic E-state index is 0.770. The molecular weight excluding hydrogens is 316 g/mol. The van der Waals surface area contributed by atoms with Crippen molar-refractivity contribution in [3.8, 4) is 0 Å². The summed E-state index contributed by atoms with van der Waals surface area (Å²) in [6.07, 6.45) is 0. The molecule has 5 heteroatoms. The highest BCUT2D eigenvalue weighted by molar-refractivity contribution is 9.10. The van der Waals surface area contributed by atoms with E-state index in [9.17, 15) is 0 Å². The maximum Gasteiger partial charge on any atom is 0.178 e. The number of H-pyrrole nitrogens is 1. The number of nitrogens with zero attached hydrogens (tertiary/aromatic N) is 1. The molecule has 86 valence electrons. The Balaban J connectivity index is 2.15. The molecule has 0 saturated heterocycles. The number of benzene rings is 1. The predicted octanol–water partition coefficient (Wildman–Crippen LogP) is 4.57. The summed E-state index contributed by atoms with van der Waals surface area (Å²) in [6, 6.07) is 10.2. The Morgan fingerprint density at radius 2 is 2.12 bits per heavy atom. The van der Waals surface area contributed by atoms with E-state index in [1.807, 2.05) is 18.2 Å². The standard InChI is InChI=1S/C12H9BrN2S2/c13-8-5-6-17-11(8)7-15-10-4-2-1-3-9(10)14-12(15)16/h1-6H,7H2,(H,14,16). The zero-order chi connectivity index (χ0) is 11.8. The maximum atomic E-state index is 5.37. The van der Waals surface area contributed by atoms with E-state index in [-0.39, 0.29) is 0 Å². The second kappa shape index (κ2) is 4.40. The molecule has 2 heterocycles. The van der Waals surface area contributed by atoms with Crippen LogP contribution in [-0.4, -0.2) is 9.55 Å². The van der Waals surface area contributed by atoms with Crippen LogP contribution in [-0.2, 0) is 6.54 Å². The zero-order valence-electron chi connectivity index (χ0n) is 8.81. The van der Waals surface area contributed by atoms with Crippen molar-refractivity contribution in [2.45, 2.75) is 6.54 Å². The minimum Gasteiger partial charge on any atom is -0.331 e. The summed E-state index contributed by atoms with van der Waals surface area (Å²) in [6.45, 7) is 0.807. The molecule has 1 aromatic carbocycles. The summed E-state index contributed by atoms with van der Waals surface area (Å²) in [5.74, 6) is 0. The van der Waals surface area contributed by atoms with Crippen LogP contribution in [0.1, 0.15) is 4.88 Å². The highest BCUT2D eigenvalue weighted by Crippen LogP contribution is 2.25. The van der Waals surface area contributed by atoms with Gasteiger partial charge in [0.05, 0.1) is 17.6 Å². The molecule has 0 radical (unpaired) electrons. The van der Waals surface area contributed by atoms with Gasteiger partial charge >= 0.3 is 0 Å². The van der Waals surface area contributed by atoms with Crippen molar-refractivity contribution in [2.75, 3.05) is 0 Å². The van der Waals surface area contributed by atoms with Gasteiger partial charge in [-0.15, -0.1) is 11.3 Å². The van der Waals surface area contributed by atoms with Gasteiger partial charge in [-0.05, 0) is 51.7 Å². The number of para-hydroxylation sites is 2. The van der Waals surface area contributed by atoms with E-state index in [4.69, 9.17) is 12.2 Å². The largest absolute Gasteiger partial charge is 0.331 e. The fourth-order valence-corrected chi connectivity index (χ4v) is 3.58. The number of fused-ring (bicyclic) bond motifs is 1. The van der Waals surface area contributed by atoms with E-state index < -0.39 is 0 Å². The van der Waals surface area contributed by atoms with Crippen LogP contribution in [0.4, 0.5) is 0 Å². The number of aromatic amines is 1. The number of thiophene rings is 1. The first kappa shape index (κ1) is 11.2. The molecule has 3 aromatic rings. The number of aromatic nitrogens is 2. The van der Waals surface area contributed by atoms with E-state index in [0.29, 0.717) is 0 Å². The lowest BCUT2D eigenvalue weighted by molar-refractivity contribution is 0.821. The highest BCUT2D eigenvalue weighted by Gasteiger charge is 2.07. The van der Waals surface area contributed by atoms with Gasteiger partial charge in [-0.3, -0.25) is 0 Å². The average molecular weight is 325 g/mol. The van der Waals surface area contributed by atoms with Crippen LogP contribution >= 0.6 is 39.5 Å². The molecule has 2 aromatic heterocycles. The lowest BCUT2D eigenvalue weighted by atomic mass is 10.3. The van der Waals surface area contributed by atoms with Crippen LogP contribution in [0.15, 0.2) is 40.2 Å². The molecule has 0 amide bonds. The molecule has 0 unspecified atom stereocenters. The van der Waals surface area contributed by atoms with Crippen LogP contribution in [0.3, 0.4) is 0 Å². The van der Waals surface area contributed by atoms with Crippen LogP contribution < -0.4 is 0 Å². The van der Waals surface area contributed by atoms with Crippen LogP contribution in [0.25, 0.3) is 11.0 Å². The van der Waals surface area contributed by atoms with Gasteiger partial charge in [0, 0.05) is 9.35 Å². The summed E-state index contributed by atoms with van der Waals surface area (Å²) in [5, 5.41) is 2.08. The lowest BCUT2D eigenvalue weighted by Gasteiger charge is -2.02. The molecule has 2 nitrogen and oxygen atoms in total. The first-order valence-corrected chi connectivity index (χ1v) is 7.23. The molecule has 0 atom stereocenters. The Bertz CT molecular complexity index is 723. The third kappa shape index (κ3) is 1.99. The Labute approximate surface area is 116 Å². The van der Waals surface area contributed by atoms with E-state index in [1.165, 1.54) is 4.88 Å². The number of hydrogen-bond acceptors (Lipinski definition) is 2. The van der Waals surface area contributed by atoms with Gasteiger partial charge in [0.15, 0.2) is 4.77 Å². The van der Waals surface area contributed by atoms with Crippen molar-refractivity contribution in [3.05, 3.63) is 49.8 Å². The van der Waals surface area contributed by atoms with Crippen molar-refractivity contribution in [1.82, 2.24) is 9.55 Å². The van der Waals surface area contributed by atoms with Crippen LogP contribution in [0.2, 0.25) is 0 Å². The SMILES string of the molecule is S=c1[nH]c2ccccc2n1Cc1sccc1Br. The quantitative estimate of drug-likeness (QED) is 0.685. The number of imidazole rings is 1. The van der Waals surface area contributed by atoms with E-state index in [0.717, 1.165) is 26.8 Å². The second-order valence-corrected chi connectivity index (χ2v) is 5.97. The van der Waals surface area contributed by atoms with E-state index in [2.05, 4.69) is 43.0 Å². The van der Waals surface area contributed by atoms with E-state index >= 15 is 0 Å². The third-order valence-electron chi connectivity index (χ3n) is 2.67. The molecule has 0 aliphatic rings. The maximum absolute atomic E-state index is 5.37. The summed E-state index contributed by atoms with van der Waals surface area (Å²) in [5.41, 5.74) is 2.24. The average Bonchev–Trinajstić information content (AvgIpc) is 2.85. The fraction of sp³-hybridized carbons (Fsp3) is 0.0833. The number of rotatable bonds is 2. The number of hydrogen-bond donors (Lipinski definition) is 1. The summed E-state index contributed by atoms with van der Waals surface area (Å²) >= 11 is 10.7. The van der Waals surface area contributed by atoms with Gasteiger partial charge in [0.25, 0.3) is 0 Å². The van der Waals surface area contributed by atoms with Gasteiger partial charge in [0.2, 0.25) is 0 Å². The molecular formula is C12H9BrN2S2. The molecule has 0 aliphatic heterocycles. The number of nitrogens with one attached hydrogen (secondary N) is 1. The Hall–Kier alpha value is -0.910. The Morgan fingerprint density at radius 1 is 1.29 bits per heavy atom. The molecule has 0 aliphatic carbocycles. The Kier molecular flexibility index (Phi) is 2.90. The normalized spacial score (nSPS) is 11.1. The van der Waals surface area contributed by atoms with Crippen molar-refractivity contribution in [2.24, 2.45) is 0 Å². The topological polar surface area (TPSA) is 20.7 Å². The van der Waals surface area contributed by atoms with Gasteiger partial charge in [-0.2, -0.15) is 0 Å². The fourth-order valence-electron chi connectivity index (χ4n) is 1.85. The number of halogens is 1.